The zero-order valence-corrected chi connectivity index (χ0v) is 11.3. The van der Waals surface area contributed by atoms with Crippen LogP contribution in [0, 0.1) is 0 Å². The number of halogens is 4. The van der Waals surface area contributed by atoms with Crippen molar-refractivity contribution in [2.24, 2.45) is 0 Å². The van der Waals surface area contributed by atoms with Crippen LogP contribution in [0.15, 0.2) is 12.3 Å². The maximum atomic E-state index is 13.0. The van der Waals surface area contributed by atoms with E-state index in [4.69, 9.17) is 11.6 Å². The molecule has 0 bridgehead atoms. The van der Waals surface area contributed by atoms with E-state index >= 15 is 0 Å². The largest absolute Gasteiger partial charge is 0.461 e. The number of ether oxygens (including phenoxy) is 1. The quantitative estimate of drug-likeness (QED) is 0.644. The van der Waals surface area contributed by atoms with E-state index in [2.05, 4.69) is 9.72 Å². The van der Waals surface area contributed by atoms with Crippen LogP contribution >= 0.6 is 11.6 Å². The molecule has 0 saturated heterocycles. The van der Waals surface area contributed by atoms with Crippen molar-refractivity contribution in [1.82, 2.24) is 9.38 Å². The second-order valence-corrected chi connectivity index (χ2v) is 4.38. The highest BCUT2D eigenvalue weighted by Gasteiger charge is 2.36. The van der Waals surface area contributed by atoms with E-state index in [1.165, 1.54) is 6.92 Å². The molecule has 0 spiro atoms. The second-order valence-electron chi connectivity index (χ2n) is 3.95. The second kappa shape index (κ2) is 5.36. The molecule has 5 nitrogen and oxygen atoms in total. The van der Waals surface area contributed by atoms with Crippen molar-refractivity contribution in [2.75, 3.05) is 6.61 Å². The van der Waals surface area contributed by atoms with Gasteiger partial charge in [-0.25, -0.2) is 9.78 Å². The molecule has 0 unspecified atom stereocenters. The molecule has 0 aromatic carbocycles. The maximum Gasteiger partial charge on any atom is 0.420 e. The number of carbonyl (C=O) groups excluding carboxylic acids is 2. The number of esters is 1. The van der Waals surface area contributed by atoms with Crippen molar-refractivity contribution in [1.29, 1.82) is 0 Å². The van der Waals surface area contributed by atoms with E-state index in [-0.39, 0.29) is 23.6 Å². The summed E-state index contributed by atoms with van der Waals surface area (Å²) in [4.78, 5) is 26.3. The number of rotatable bonds is 3. The molecule has 0 saturated carbocycles. The Kier molecular flexibility index (Phi) is 3.91. The normalized spacial score (nSPS) is 11.7. The molecule has 0 aliphatic carbocycles. The number of hydrogen-bond donors (Lipinski definition) is 0. The minimum atomic E-state index is -4.73. The van der Waals surface area contributed by atoms with Gasteiger partial charge in [0, 0.05) is 6.20 Å². The summed E-state index contributed by atoms with van der Waals surface area (Å²) >= 11 is 5.63. The first-order valence-electron chi connectivity index (χ1n) is 5.70. The molecule has 0 aliphatic rings. The van der Waals surface area contributed by atoms with Gasteiger partial charge in [-0.1, -0.05) is 11.6 Å². The van der Waals surface area contributed by atoms with Gasteiger partial charge in [-0.05, 0) is 13.0 Å². The zero-order chi connectivity index (χ0) is 15.8. The summed E-state index contributed by atoms with van der Waals surface area (Å²) in [5.74, 6) is -0.979. The minimum absolute atomic E-state index is 0.00210. The average Bonchev–Trinajstić information content (AvgIpc) is 2.75. The lowest BCUT2D eigenvalue weighted by Gasteiger charge is -2.08. The van der Waals surface area contributed by atoms with Crippen molar-refractivity contribution in [3.8, 4) is 0 Å². The van der Waals surface area contributed by atoms with Gasteiger partial charge in [0.25, 0.3) is 0 Å². The fourth-order valence-electron chi connectivity index (χ4n) is 1.80. The molecule has 2 aromatic rings. The van der Waals surface area contributed by atoms with Gasteiger partial charge < -0.3 is 4.74 Å². The van der Waals surface area contributed by atoms with Crippen LogP contribution in [-0.4, -0.2) is 28.2 Å². The fraction of sp³-hybridized carbons (Fsp3) is 0.250. The lowest BCUT2D eigenvalue weighted by Crippen LogP contribution is -2.08. The Morgan fingerprint density at radius 3 is 2.71 bits per heavy atom. The number of alkyl halides is 3. The highest BCUT2D eigenvalue weighted by Crippen LogP contribution is 2.34. The van der Waals surface area contributed by atoms with Crippen molar-refractivity contribution in [2.45, 2.75) is 13.1 Å². The van der Waals surface area contributed by atoms with Crippen LogP contribution in [0.3, 0.4) is 0 Å². The van der Waals surface area contributed by atoms with Crippen LogP contribution in [0.25, 0.3) is 5.65 Å². The lowest BCUT2D eigenvalue weighted by atomic mass is 10.2. The number of nitrogens with zero attached hydrogens (tertiary/aromatic N) is 2. The summed E-state index contributed by atoms with van der Waals surface area (Å²) < 4.78 is 44.4. The summed E-state index contributed by atoms with van der Waals surface area (Å²) in [5, 5.41) is -0.245. The Morgan fingerprint density at radius 2 is 2.19 bits per heavy atom. The number of fused-ring (bicyclic) bond motifs is 1. The monoisotopic (exact) mass is 320 g/mol. The molecule has 0 radical (unpaired) electrons. The lowest BCUT2D eigenvalue weighted by molar-refractivity contribution is -0.136. The van der Waals surface area contributed by atoms with Crippen LogP contribution in [0.2, 0.25) is 5.02 Å². The summed E-state index contributed by atoms with van der Waals surface area (Å²) in [6.45, 7) is 1.52. The van der Waals surface area contributed by atoms with Gasteiger partial charge in [0.05, 0.1) is 11.6 Å². The highest BCUT2D eigenvalue weighted by atomic mass is 35.5. The first-order valence-corrected chi connectivity index (χ1v) is 6.08. The Bertz CT molecular complexity index is 725. The van der Waals surface area contributed by atoms with Gasteiger partial charge in [-0.15, -0.1) is 0 Å². The molecule has 2 rings (SSSR count). The Hall–Kier alpha value is -2.09. The van der Waals surface area contributed by atoms with Gasteiger partial charge in [-0.3, -0.25) is 9.20 Å². The van der Waals surface area contributed by atoms with E-state index in [1.54, 1.807) is 0 Å². The highest BCUT2D eigenvalue weighted by molar-refractivity contribution is 6.30. The predicted octanol–water partition coefficient (Wildman–Crippen LogP) is 3.00. The van der Waals surface area contributed by atoms with Crippen molar-refractivity contribution >= 4 is 29.5 Å². The van der Waals surface area contributed by atoms with E-state index in [0.717, 1.165) is 10.6 Å². The van der Waals surface area contributed by atoms with Crippen molar-refractivity contribution in [3.05, 3.63) is 34.2 Å². The van der Waals surface area contributed by atoms with Gasteiger partial charge in [0.1, 0.15) is 11.3 Å². The zero-order valence-electron chi connectivity index (χ0n) is 10.6. The van der Waals surface area contributed by atoms with E-state index in [0.29, 0.717) is 6.07 Å². The summed E-state index contributed by atoms with van der Waals surface area (Å²) in [5.41, 5.74) is -2.57. The molecule has 2 aromatic heterocycles. The molecular formula is C12H8ClF3N2O3. The molecular weight excluding hydrogens is 313 g/mol. The van der Waals surface area contributed by atoms with Crippen molar-refractivity contribution < 1.29 is 27.5 Å². The Morgan fingerprint density at radius 1 is 1.52 bits per heavy atom. The van der Waals surface area contributed by atoms with Gasteiger partial charge in [0.15, 0.2) is 17.6 Å². The standard InChI is InChI=1S/C12H8ClF3N2O3/c1-2-21-11(20)9-8(5-19)18-4-6(13)3-7(10(18)17-9)12(14,15)16/h3-5H,2H2,1H3. The van der Waals surface area contributed by atoms with Crippen LogP contribution < -0.4 is 0 Å². The Labute approximate surface area is 121 Å². The number of pyridine rings is 1. The first kappa shape index (κ1) is 15.3. The topological polar surface area (TPSA) is 60.7 Å². The molecule has 2 heterocycles. The molecule has 9 heteroatoms. The maximum absolute atomic E-state index is 13.0. The Balaban J connectivity index is 2.81. The van der Waals surface area contributed by atoms with Gasteiger partial charge >= 0.3 is 12.1 Å². The molecule has 21 heavy (non-hydrogen) atoms. The average molecular weight is 321 g/mol. The third-order valence-electron chi connectivity index (χ3n) is 2.61. The van der Waals surface area contributed by atoms with E-state index < -0.39 is 29.1 Å². The molecule has 0 aliphatic heterocycles. The molecule has 0 atom stereocenters. The predicted molar refractivity (Wildman–Crippen MR) is 66.5 cm³/mol. The molecule has 0 fully saturated rings. The van der Waals surface area contributed by atoms with Gasteiger partial charge in [0.2, 0.25) is 0 Å². The third kappa shape index (κ3) is 2.71. The number of aldehydes is 1. The fourth-order valence-corrected chi connectivity index (χ4v) is 2.01. The number of aromatic nitrogens is 2. The first-order chi connectivity index (χ1) is 9.79. The SMILES string of the molecule is CCOC(=O)c1nc2c(C(F)(F)F)cc(Cl)cn2c1C=O. The minimum Gasteiger partial charge on any atom is -0.461 e. The number of hydrogen-bond acceptors (Lipinski definition) is 4. The number of imidazole rings is 1. The summed E-state index contributed by atoms with van der Waals surface area (Å²) in [7, 11) is 0. The smallest absolute Gasteiger partial charge is 0.420 e. The van der Waals surface area contributed by atoms with Crippen LogP contribution in [0.5, 0.6) is 0 Å². The molecule has 0 N–H and O–H groups in total. The number of carbonyl (C=O) groups is 2. The summed E-state index contributed by atoms with van der Waals surface area (Å²) in [6, 6.07) is 0.674. The third-order valence-corrected chi connectivity index (χ3v) is 2.82. The van der Waals surface area contributed by atoms with E-state index in [9.17, 15) is 22.8 Å². The van der Waals surface area contributed by atoms with Crippen LogP contribution in [-0.2, 0) is 10.9 Å². The van der Waals surface area contributed by atoms with Crippen LogP contribution in [0.4, 0.5) is 13.2 Å². The molecule has 0 amide bonds. The molecule has 112 valence electrons. The van der Waals surface area contributed by atoms with E-state index in [1.807, 2.05) is 0 Å². The van der Waals surface area contributed by atoms with Gasteiger partial charge in [-0.2, -0.15) is 13.2 Å². The van der Waals surface area contributed by atoms with Crippen molar-refractivity contribution in [3.63, 3.8) is 0 Å². The van der Waals surface area contributed by atoms with Crippen LogP contribution in [0.1, 0.15) is 33.5 Å². The summed E-state index contributed by atoms with van der Waals surface area (Å²) in [6.07, 6.45) is -3.43.